The minimum Gasteiger partial charge on any atom is -0.497 e. The highest BCUT2D eigenvalue weighted by Gasteiger charge is 2.19. The number of carboxylic acid groups (broad SMARTS) is 2. The molecule has 0 aliphatic rings. The van der Waals surface area contributed by atoms with Gasteiger partial charge in [0.1, 0.15) is 17.1 Å². The Hall–Kier alpha value is -3.61. The molecule has 7 heteroatoms. The van der Waals surface area contributed by atoms with Crippen LogP contribution in [-0.2, 0) is 9.59 Å². The van der Waals surface area contributed by atoms with E-state index in [2.05, 4.69) is 4.98 Å². The lowest BCUT2D eigenvalue weighted by Gasteiger charge is -2.03. The van der Waals surface area contributed by atoms with Gasteiger partial charge in [-0.2, -0.15) is 0 Å². The molecular weight excluding hydrogens is 324 g/mol. The van der Waals surface area contributed by atoms with Crippen LogP contribution >= 0.6 is 0 Å². The van der Waals surface area contributed by atoms with Crippen molar-refractivity contribution in [2.75, 3.05) is 7.11 Å². The number of aromatic nitrogens is 2. The summed E-state index contributed by atoms with van der Waals surface area (Å²) in [7, 11) is 1.57. The lowest BCUT2D eigenvalue weighted by Crippen LogP contribution is -2.10. The monoisotopic (exact) mass is 338 g/mol. The molecule has 0 saturated carbocycles. The molecule has 0 spiro atoms. The number of carboxylic acids is 2. The van der Waals surface area contributed by atoms with Crippen molar-refractivity contribution in [2.24, 2.45) is 0 Å². The van der Waals surface area contributed by atoms with Gasteiger partial charge in [0.05, 0.1) is 18.3 Å². The molecule has 7 nitrogen and oxygen atoms in total. The number of rotatable bonds is 5. The second-order valence-electron chi connectivity index (χ2n) is 5.17. The first-order valence-electron chi connectivity index (χ1n) is 7.31. The van der Waals surface area contributed by atoms with Gasteiger partial charge >= 0.3 is 11.9 Å². The summed E-state index contributed by atoms with van der Waals surface area (Å²) < 4.78 is 6.91. The molecule has 2 N–H and O–H groups in total. The van der Waals surface area contributed by atoms with Crippen LogP contribution in [0.2, 0.25) is 0 Å². The third-order valence-corrected chi connectivity index (χ3v) is 3.67. The first-order valence-corrected chi connectivity index (χ1v) is 7.31. The minimum absolute atomic E-state index is 0.270. The van der Waals surface area contributed by atoms with Crippen molar-refractivity contribution in [1.29, 1.82) is 0 Å². The zero-order valence-electron chi connectivity index (χ0n) is 13.2. The van der Waals surface area contributed by atoms with Gasteiger partial charge in [-0.1, -0.05) is 6.07 Å². The van der Waals surface area contributed by atoms with Crippen molar-refractivity contribution in [1.82, 2.24) is 9.38 Å². The molecule has 126 valence electrons. The summed E-state index contributed by atoms with van der Waals surface area (Å²) in [6.07, 6.45) is 2.84. The van der Waals surface area contributed by atoms with E-state index < -0.39 is 17.5 Å². The number of nitrogens with zero attached hydrogens (tertiary/aromatic N) is 2. The average molecular weight is 338 g/mol. The molecule has 3 aromatic rings. The highest BCUT2D eigenvalue weighted by molar-refractivity contribution is 6.16. The topological polar surface area (TPSA) is 101 Å². The van der Waals surface area contributed by atoms with Crippen LogP contribution in [0.25, 0.3) is 23.0 Å². The molecule has 0 aliphatic carbocycles. The molecule has 0 atom stereocenters. The van der Waals surface area contributed by atoms with Crippen LogP contribution in [0.1, 0.15) is 5.69 Å². The molecule has 0 saturated heterocycles. The Morgan fingerprint density at radius 3 is 2.36 bits per heavy atom. The normalized spacial score (nSPS) is 10.4. The van der Waals surface area contributed by atoms with E-state index in [1.165, 1.54) is 0 Å². The maximum atomic E-state index is 11.1. The lowest BCUT2D eigenvalue weighted by atomic mass is 10.2. The Morgan fingerprint density at radius 1 is 1.08 bits per heavy atom. The molecule has 0 aliphatic heterocycles. The molecule has 1 aromatic carbocycles. The lowest BCUT2D eigenvalue weighted by molar-refractivity contribution is -0.140. The van der Waals surface area contributed by atoms with E-state index in [-0.39, 0.29) is 5.69 Å². The fourth-order valence-corrected chi connectivity index (χ4v) is 2.46. The summed E-state index contributed by atoms with van der Waals surface area (Å²) in [5.74, 6) is -1.77. The summed E-state index contributed by atoms with van der Waals surface area (Å²) in [5, 5.41) is 18.1. The van der Waals surface area contributed by atoms with E-state index in [1.54, 1.807) is 42.0 Å². The van der Waals surface area contributed by atoms with Gasteiger partial charge in [0.15, 0.2) is 0 Å². The number of ether oxygens (including phenoxy) is 1. The van der Waals surface area contributed by atoms with Crippen LogP contribution < -0.4 is 4.74 Å². The third-order valence-electron chi connectivity index (χ3n) is 3.67. The fraction of sp³-hybridized carbons (Fsp3) is 0.0556. The fourth-order valence-electron chi connectivity index (χ4n) is 2.46. The highest BCUT2D eigenvalue weighted by Crippen LogP contribution is 2.26. The van der Waals surface area contributed by atoms with Crippen molar-refractivity contribution in [3.63, 3.8) is 0 Å². The van der Waals surface area contributed by atoms with Crippen molar-refractivity contribution in [3.8, 4) is 17.1 Å². The van der Waals surface area contributed by atoms with E-state index in [4.69, 9.17) is 14.9 Å². The predicted molar refractivity (Wildman–Crippen MR) is 90.4 cm³/mol. The third kappa shape index (κ3) is 3.07. The number of carbonyl (C=O) groups is 2. The Bertz CT molecular complexity index is 970. The van der Waals surface area contributed by atoms with Gasteiger partial charge in [0, 0.05) is 11.8 Å². The van der Waals surface area contributed by atoms with E-state index in [1.807, 2.05) is 18.2 Å². The molecule has 3 rings (SSSR count). The SMILES string of the molecule is COc1ccc(-c2nc(C=C(C(=O)O)C(=O)O)c3ccccn23)cc1. The van der Waals surface area contributed by atoms with Gasteiger partial charge in [-0.3, -0.25) is 4.40 Å². The Balaban J connectivity index is 2.20. The van der Waals surface area contributed by atoms with Crippen LogP contribution in [0.5, 0.6) is 5.75 Å². The largest absolute Gasteiger partial charge is 0.497 e. The average Bonchev–Trinajstić information content (AvgIpc) is 2.98. The summed E-state index contributed by atoms with van der Waals surface area (Å²) in [6, 6.07) is 12.5. The van der Waals surface area contributed by atoms with E-state index in [9.17, 15) is 9.59 Å². The molecule has 0 fully saturated rings. The number of benzene rings is 1. The Morgan fingerprint density at radius 2 is 1.76 bits per heavy atom. The smallest absolute Gasteiger partial charge is 0.343 e. The second-order valence-corrected chi connectivity index (χ2v) is 5.17. The molecule has 2 heterocycles. The second kappa shape index (κ2) is 6.48. The molecule has 0 bridgehead atoms. The number of hydrogen-bond donors (Lipinski definition) is 2. The van der Waals surface area contributed by atoms with Gasteiger partial charge in [0.25, 0.3) is 0 Å². The van der Waals surface area contributed by atoms with Gasteiger partial charge in [-0.05, 0) is 42.5 Å². The Kier molecular flexibility index (Phi) is 4.21. The molecule has 0 amide bonds. The van der Waals surface area contributed by atoms with Gasteiger partial charge in [-0.15, -0.1) is 0 Å². The van der Waals surface area contributed by atoms with Crippen molar-refractivity contribution in [3.05, 3.63) is 59.9 Å². The molecule has 2 aromatic heterocycles. The van der Waals surface area contributed by atoms with Crippen molar-refractivity contribution < 1.29 is 24.5 Å². The Labute approximate surface area is 142 Å². The molecule has 25 heavy (non-hydrogen) atoms. The zero-order valence-corrected chi connectivity index (χ0v) is 13.2. The minimum atomic E-state index is -1.52. The van der Waals surface area contributed by atoms with Gasteiger partial charge in [-0.25, -0.2) is 14.6 Å². The van der Waals surface area contributed by atoms with Crippen LogP contribution in [0.15, 0.2) is 54.2 Å². The number of hydrogen-bond acceptors (Lipinski definition) is 4. The van der Waals surface area contributed by atoms with Crippen LogP contribution in [0.4, 0.5) is 0 Å². The first kappa shape index (κ1) is 16.3. The van der Waals surface area contributed by atoms with Crippen molar-refractivity contribution in [2.45, 2.75) is 0 Å². The number of methoxy groups -OCH3 is 1. The number of fused-ring (bicyclic) bond motifs is 1. The van der Waals surface area contributed by atoms with Crippen molar-refractivity contribution >= 4 is 23.5 Å². The van der Waals surface area contributed by atoms with Crippen LogP contribution in [0, 0.1) is 0 Å². The summed E-state index contributed by atoms with van der Waals surface area (Å²) in [4.78, 5) is 26.7. The molecule has 0 radical (unpaired) electrons. The van der Waals surface area contributed by atoms with Crippen LogP contribution in [-0.4, -0.2) is 38.6 Å². The van der Waals surface area contributed by atoms with Gasteiger partial charge in [0.2, 0.25) is 0 Å². The number of aliphatic carboxylic acids is 2. The quantitative estimate of drug-likeness (QED) is 0.421. The standard InChI is InChI=1S/C18H14N2O5/c1-25-12-7-5-11(6-8-12)16-19-14(10-13(17(21)22)18(23)24)15-4-2-3-9-20(15)16/h2-10H,1H3,(H,21,22)(H,23,24). The number of imidazole rings is 1. The summed E-state index contributed by atoms with van der Waals surface area (Å²) in [5.41, 5.74) is 0.915. The van der Waals surface area contributed by atoms with Gasteiger partial charge < -0.3 is 14.9 Å². The van der Waals surface area contributed by atoms with E-state index >= 15 is 0 Å². The van der Waals surface area contributed by atoms with Crippen LogP contribution in [0.3, 0.4) is 0 Å². The molecule has 0 unspecified atom stereocenters. The first-order chi connectivity index (χ1) is 12.0. The highest BCUT2D eigenvalue weighted by atomic mass is 16.5. The predicted octanol–water partition coefficient (Wildman–Crippen LogP) is 2.56. The van der Waals surface area contributed by atoms with E-state index in [0.29, 0.717) is 17.1 Å². The maximum absolute atomic E-state index is 11.1. The maximum Gasteiger partial charge on any atom is 0.343 e. The zero-order chi connectivity index (χ0) is 18.0. The van der Waals surface area contributed by atoms with E-state index in [0.717, 1.165) is 11.6 Å². The summed E-state index contributed by atoms with van der Waals surface area (Å²) >= 11 is 0. The molecular formula is C18H14N2O5. The summed E-state index contributed by atoms with van der Waals surface area (Å²) in [6.45, 7) is 0. The number of pyridine rings is 1.